The van der Waals surface area contributed by atoms with Gasteiger partial charge in [-0.3, -0.25) is 19.7 Å². The molecule has 11 heteroatoms. The van der Waals surface area contributed by atoms with Crippen LogP contribution in [-0.4, -0.2) is 80.4 Å². The number of amides is 1. The summed E-state index contributed by atoms with van der Waals surface area (Å²) in [5.41, 5.74) is 2.88. The third-order valence-corrected chi connectivity index (χ3v) is 8.55. The summed E-state index contributed by atoms with van der Waals surface area (Å²) in [6.45, 7) is 8.81. The van der Waals surface area contributed by atoms with Crippen LogP contribution < -0.4 is 0 Å². The maximum Gasteiger partial charge on any atom is 0.350 e. The highest BCUT2D eigenvalue weighted by atomic mass is 32.1. The molecule has 0 aromatic carbocycles. The Kier molecular flexibility index (Phi) is 7.87. The first-order chi connectivity index (χ1) is 18.4. The molecule has 0 bridgehead atoms. The van der Waals surface area contributed by atoms with E-state index in [1.54, 1.807) is 12.4 Å². The smallest absolute Gasteiger partial charge is 0.350 e. The van der Waals surface area contributed by atoms with Crippen molar-refractivity contribution in [2.45, 2.75) is 26.9 Å². The molecule has 4 aromatic rings. The Morgan fingerprint density at radius 2 is 1.42 bits per heavy atom. The molecule has 1 aliphatic heterocycles. The maximum atomic E-state index is 13.2. The zero-order valence-electron chi connectivity index (χ0n) is 21.5. The molecule has 0 radical (unpaired) electrons. The van der Waals surface area contributed by atoms with Gasteiger partial charge in [-0.25, -0.2) is 14.8 Å². The van der Waals surface area contributed by atoms with E-state index in [9.17, 15) is 9.59 Å². The Morgan fingerprint density at radius 1 is 0.868 bits per heavy atom. The summed E-state index contributed by atoms with van der Waals surface area (Å²) in [4.78, 5) is 49.0. The van der Waals surface area contributed by atoms with E-state index in [1.807, 2.05) is 62.1 Å². The van der Waals surface area contributed by atoms with Gasteiger partial charge >= 0.3 is 5.97 Å². The summed E-state index contributed by atoms with van der Waals surface area (Å²) in [5, 5.41) is 1.45. The van der Waals surface area contributed by atoms with Crippen molar-refractivity contribution in [3.05, 3.63) is 69.9 Å². The van der Waals surface area contributed by atoms with Crippen molar-refractivity contribution in [3.8, 4) is 21.4 Å². The lowest BCUT2D eigenvalue weighted by Crippen LogP contribution is -2.50. The molecular weight excluding hydrogens is 520 g/mol. The van der Waals surface area contributed by atoms with E-state index >= 15 is 0 Å². The number of nitrogens with zero attached hydrogens (tertiary/aromatic N) is 6. The van der Waals surface area contributed by atoms with E-state index in [1.165, 1.54) is 22.7 Å². The van der Waals surface area contributed by atoms with Crippen LogP contribution in [0.3, 0.4) is 0 Å². The number of ether oxygens (including phenoxy) is 1. The molecule has 38 heavy (non-hydrogen) atoms. The standard InChI is InChI=1S/C27H28N6O3S2/c1-17(36-27(35)23-19(3)31-25(38-23)21-9-5-7-11-29-21)16-32-12-14-33(15-13-32)26(34)22-18(2)30-24(37-22)20-8-4-6-10-28-20/h4-11,17H,12-16H2,1-3H3. The summed E-state index contributed by atoms with van der Waals surface area (Å²) < 4.78 is 5.75. The highest BCUT2D eigenvalue weighted by Crippen LogP contribution is 2.29. The second-order valence-corrected chi connectivity index (χ2v) is 11.1. The molecule has 9 nitrogen and oxygen atoms in total. The van der Waals surface area contributed by atoms with Crippen LogP contribution in [0.5, 0.6) is 0 Å². The Morgan fingerprint density at radius 3 is 1.97 bits per heavy atom. The van der Waals surface area contributed by atoms with Crippen LogP contribution in [0.25, 0.3) is 21.4 Å². The summed E-state index contributed by atoms with van der Waals surface area (Å²) in [6.07, 6.45) is 3.13. The average Bonchev–Trinajstić information content (AvgIpc) is 3.52. The topological polar surface area (TPSA) is 101 Å². The van der Waals surface area contributed by atoms with Crippen molar-refractivity contribution in [2.75, 3.05) is 32.7 Å². The van der Waals surface area contributed by atoms with Crippen LogP contribution >= 0.6 is 22.7 Å². The fourth-order valence-electron chi connectivity index (χ4n) is 4.29. The molecule has 1 fully saturated rings. The summed E-state index contributed by atoms with van der Waals surface area (Å²) in [6, 6.07) is 11.3. The maximum absolute atomic E-state index is 13.2. The zero-order chi connectivity index (χ0) is 26.6. The van der Waals surface area contributed by atoms with Crippen LogP contribution in [0.15, 0.2) is 48.8 Å². The SMILES string of the molecule is Cc1nc(-c2ccccn2)sc1C(=O)OC(C)CN1CCN(C(=O)c2sc(-c3ccccn3)nc2C)CC1. The van der Waals surface area contributed by atoms with Crippen molar-refractivity contribution < 1.29 is 14.3 Å². The number of hydrogen-bond acceptors (Lipinski definition) is 10. The number of hydrogen-bond donors (Lipinski definition) is 0. The number of thiazole rings is 2. The fourth-order valence-corrected chi connectivity index (χ4v) is 6.23. The highest BCUT2D eigenvalue weighted by Gasteiger charge is 2.27. The van der Waals surface area contributed by atoms with Crippen LogP contribution in [0, 0.1) is 13.8 Å². The van der Waals surface area contributed by atoms with Crippen molar-refractivity contribution in [3.63, 3.8) is 0 Å². The van der Waals surface area contributed by atoms with Crippen molar-refractivity contribution >= 4 is 34.6 Å². The Labute approximate surface area is 229 Å². The van der Waals surface area contributed by atoms with Gasteiger partial charge in [0.25, 0.3) is 5.91 Å². The predicted molar refractivity (Wildman–Crippen MR) is 147 cm³/mol. The molecule has 196 valence electrons. The Hall–Kier alpha value is -3.54. The minimum absolute atomic E-state index is 0.00527. The normalized spacial score (nSPS) is 14.9. The molecule has 5 heterocycles. The lowest BCUT2D eigenvalue weighted by atomic mass is 10.2. The zero-order valence-corrected chi connectivity index (χ0v) is 23.1. The number of esters is 1. The summed E-state index contributed by atoms with van der Waals surface area (Å²) >= 11 is 2.69. The average molecular weight is 549 g/mol. The molecule has 1 unspecified atom stereocenters. The van der Waals surface area contributed by atoms with Gasteiger partial charge in [0.05, 0.1) is 22.8 Å². The number of rotatable bonds is 7. The number of aryl methyl sites for hydroxylation is 2. The number of pyridine rings is 2. The molecule has 0 saturated carbocycles. The van der Waals surface area contributed by atoms with E-state index in [-0.39, 0.29) is 18.0 Å². The van der Waals surface area contributed by atoms with Crippen LogP contribution in [0.4, 0.5) is 0 Å². The second-order valence-electron chi connectivity index (χ2n) is 9.11. The lowest BCUT2D eigenvalue weighted by molar-refractivity contribution is 0.0201. The number of piperazine rings is 1. The van der Waals surface area contributed by atoms with Gasteiger partial charge in [-0.15, -0.1) is 22.7 Å². The molecule has 4 aromatic heterocycles. The molecule has 0 aliphatic carbocycles. The van der Waals surface area contributed by atoms with Crippen LogP contribution in [-0.2, 0) is 4.74 Å². The van der Waals surface area contributed by atoms with Crippen LogP contribution in [0.1, 0.15) is 37.7 Å². The van der Waals surface area contributed by atoms with Gasteiger partial charge in [-0.05, 0) is 45.0 Å². The Bertz CT molecular complexity index is 1420. The molecule has 0 N–H and O–H groups in total. The van der Waals surface area contributed by atoms with Gasteiger partial charge in [0.15, 0.2) is 0 Å². The molecule has 1 atom stereocenters. The molecule has 0 spiro atoms. The lowest BCUT2D eigenvalue weighted by Gasteiger charge is -2.35. The van der Waals surface area contributed by atoms with E-state index in [0.717, 1.165) is 22.1 Å². The minimum atomic E-state index is -0.368. The van der Waals surface area contributed by atoms with Gasteiger partial charge in [0, 0.05) is 45.1 Å². The second kappa shape index (κ2) is 11.5. The summed E-state index contributed by atoms with van der Waals surface area (Å²) in [7, 11) is 0. The first-order valence-electron chi connectivity index (χ1n) is 12.4. The van der Waals surface area contributed by atoms with Crippen molar-refractivity contribution in [1.29, 1.82) is 0 Å². The van der Waals surface area contributed by atoms with Crippen LogP contribution in [0.2, 0.25) is 0 Å². The first kappa shape index (κ1) is 26.1. The van der Waals surface area contributed by atoms with Crippen molar-refractivity contribution in [1.82, 2.24) is 29.7 Å². The van der Waals surface area contributed by atoms with Gasteiger partial charge < -0.3 is 9.64 Å². The highest BCUT2D eigenvalue weighted by molar-refractivity contribution is 7.17. The Balaban J connectivity index is 1.13. The molecule has 5 rings (SSSR count). The predicted octanol–water partition coefficient (Wildman–Crippen LogP) is 4.34. The fraction of sp³-hybridized carbons (Fsp3) is 0.333. The minimum Gasteiger partial charge on any atom is -0.457 e. The van der Waals surface area contributed by atoms with E-state index in [4.69, 9.17) is 4.74 Å². The third-order valence-electron chi connectivity index (χ3n) is 6.22. The largest absolute Gasteiger partial charge is 0.457 e. The quantitative estimate of drug-likeness (QED) is 0.314. The van der Waals surface area contributed by atoms with E-state index < -0.39 is 0 Å². The van der Waals surface area contributed by atoms with E-state index in [2.05, 4.69) is 24.8 Å². The van der Waals surface area contributed by atoms with Gasteiger partial charge in [-0.2, -0.15) is 0 Å². The molecule has 1 saturated heterocycles. The third kappa shape index (κ3) is 5.79. The van der Waals surface area contributed by atoms with Gasteiger partial charge in [-0.1, -0.05) is 12.1 Å². The van der Waals surface area contributed by atoms with E-state index in [0.29, 0.717) is 53.2 Å². The number of carbonyl (C=O) groups excluding carboxylic acids is 2. The summed E-state index contributed by atoms with van der Waals surface area (Å²) in [5.74, 6) is -0.362. The van der Waals surface area contributed by atoms with Gasteiger partial charge in [0.2, 0.25) is 0 Å². The molecule has 1 amide bonds. The first-order valence-corrected chi connectivity index (χ1v) is 14.0. The molecule has 1 aliphatic rings. The molecular formula is C27H28N6O3S2. The van der Waals surface area contributed by atoms with Crippen molar-refractivity contribution in [2.24, 2.45) is 0 Å². The number of carbonyl (C=O) groups is 2. The van der Waals surface area contributed by atoms with Gasteiger partial charge in [0.1, 0.15) is 25.9 Å². The number of aromatic nitrogens is 4. The monoisotopic (exact) mass is 548 g/mol.